The largest absolute Gasteiger partial charge is 0.464 e. The Hall–Kier alpha value is -1.49. The van der Waals surface area contributed by atoms with Gasteiger partial charge in [0, 0.05) is 13.2 Å². The van der Waals surface area contributed by atoms with Crippen LogP contribution in [0.4, 0.5) is 5.69 Å². The van der Waals surface area contributed by atoms with Crippen LogP contribution in [0.2, 0.25) is 0 Å². The standard InChI is InChI=1S/C7H10N2O3/c1-9-4-5(8-11)3-6(9)7(10)12-2/h3-4,8,11H,1-2H3. The summed E-state index contributed by atoms with van der Waals surface area (Å²) in [5, 5.41) is 8.51. The fourth-order valence-electron chi connectivity index (χ4n) is 0.933. The van der Waals surface area contributed by atoms with E-state index in [-0.39, 0.29) is 0 Å². The van der Waals surface area contributed by atoms with Crippen LogP contribution in [-0.2, 0) is 11.8 Å². The molecule has 0 amide bonds. The molecule has 2 N–H and O–H groups in total. The van der Waals surface area contributed by atoms with Gasteiger partial charge in [0.05, 0.1) is 12.8 Å². The van der Waals surface area contributed by atoms with E-state index in [1.54, 1.807) is 17.8 Å². The highest BCUT2D eigenvalue weighted by molar-refractivity contribution is 5.89. The summed E-state index contributed by atoms with van der Waals surface area (Å²) in [6.45, 7) is 0. The third-order valence-electron chi connectivity index (χ3n) is 1.53. The number of ether oxygens (including phenoxy) is 1. The number of carbonyl (C=O) groups excluding carboxylic acids is 1. The van der Waals surface area contributed by atoms with Gasteiger partial charge in [0.15, 0.2) is 0 Å². The Morgan fingerprint density at radius 2 is 2.42 bits per heavy atom. The van der Waals surface area contributed by atoms with E-state index in [0.717, 1.165) is 0 Å². The van der Waals surface area contributed by atoms with E-state index in [4.69, 9.17) is 5.21 Å². The van der Waals surface area contributed by atoms with E-state index in [9.17, 15) is 4.79 Å². The van der Waals surface area contributed by atoms with Crippen molar-refractivity contribution < 1.29 is 14.7 Å². The molecule has 0 aliphatic rings. The summed E-state index contributed by atoms with van der Waals surface area (Å²) in [6, 6.07) is 1.49. The third kappa shape index (κ3) is 1.40. The van der Waals surface area contributed by atoms with Crippen LogP contribution in [0.25, 0.3) is 0 Å². The zero-order valence-corrected chi connectivity index (χ0v) is 6.87. The molecule has 1 heterocycles. The van der Waals surface area contributed by atoms with Gasteiger partial charge >= 0.3 is 5.97 Å². The topological polar surface area (TPSA) is 63.5 Å². The van der Waals surface area contributed by atoms with Crippen molar-refractivity contribution in [1.29, 1.82) is 0 Å². The van der Waals surface area contributed by atoms with E-state index in [0.29, 0.717) is 11.4 Å². The SMILES string of the molecule is COC(=O)c1cc(NO)cn1C. The Morgan fingerprint density at radius 3 is 2.83 bits per heavy atom. The first-order valence-electron chi connectivity index (χ1n) is 3.34. The molecule has 66 valence electrons. The van der Waals surface area contributed by atoms with Gasteiger partial charge in [-0.25, -0.2) is 4.79 Å². The minimum Gasteiger partial charge on any atom is -0.464 e. The fourth-order valence-corrected chi connectivity index (χ4v) is 0.933. The zero-order chi connectivity index (χ0) is 9.14. The van der Waals surface area contributed by atoms with Crippen LogP contribution in [0.3, 0.4) is 0 Å². The first kappa shape index (κ1) is 8.61. The molecule has 5 heteroatoms. The van der Waals surface area contributed by atoms with Crippen molar-refractivity contribution in [2.45, 2.75) is 0 Å². The Kier molecular flexibility index (Phi) is 2.35. The van der Waals surface area contributed by atoms with Crippen molar-refractivity contribution in [3.8, 4) is 0 Å². The van der Waals surface area contributed by atoms with Crippen molar-refractivity contribution in [3.63, 3.8) is 0 Å². The summed E-state index contributed by atoms with van der Waals surface area (Å²) in [4.78, 5) is 11.0. The molecule has 0 aliphatic heterocycles. The second kappa shape index (κ2) is 3.27. The monoisotopic (exact) mass is 170 g/mol. The second-order valence-electron chi connectivity index (χ2n) is 2.33. The third-order valence-corrected chi connectivity index (χ3v) is 1.53. The summed E-state index contributed by atoms with van der Waals surface area (Å²) in [5.74, 6) is -0.431. The van der Waals surface area contributed by atoms with Crippen LogP contribution in [0.15, 0.2) is 12.3 Å². The van der Waals surface area contributed by atoms with Crippen LogP contribution < -0.4 is 5.48 Å². The molecule has 0 radical (unpaired) electrons. The smallest absolute Gasteiger partial charge is 0.354 e. The Labute approximate surface area is 69.5 Å². The van der Waals surface area contributed by atoms with Crippen LogP contribution in [-0.4, -0.2) is 22.9 Å². The van der Waals surface area contributed by atoms with Crippen molar-refractivity contribution >= 4 is 11.7 Å². The van der Waals surface area contributed by atoms with Crippen molar-refractivity contribution in [3.05, 3.63) is 18.0 Å². The van der Waals surface area contributed by atoms with Gasteiger partial charge in [0.1, 0.15) is 5.69 Å². The highest BCUT2D eigenvalue weighted by atomic mass is 16.5. The molecule has 0 unspecified atom stereocenters. The van der Waals surface area contributed by atoms with E-state index < -0.39 is 5.97 Å². The molecular formula is C7H10N2O3. The summed E-state index contributed by atoms with van der Waals surface area (Å²) >= 11 is 0. The lowest BCUT2D eigenvalue weighted by Gasteiger charge is -1.98. The Morgan fingerprint density at radius 1 is 1.75 bits per heavy atom. The molecule has 5 nitrogen and oxygen atoms in total. The quantitative estimate of drug-likeness (QED) is 0.504. The number of hydrogen-bond acceptors (Lipinski definition) is 4. The molecule has 0 atom stereocenters. The molecule has 0 saturated carbocycles. The van der Waals surface area contributed by atoms with E-state index in [2.05, 4.69) is 4.74 Å². The van der Waals surface area contributed by atoms with Gasteiger partial charge in [0.25, 0.3) is 0 Å². The predicted molar refractivity (Wildman–Crippen MR) is 42.2 cm³/mol. The van der Waals surface area contributed by atoms with Crippen molar-refractivity contribution in [2.24, 2.45) is 7.05 Å². The second-order valence-corrected chi connectivity index (χ2v) is 2.33. The summed E-state index contributed by atoms with van der Waals surface area (Å²) in [6.07, 6.45) is 1.58. The summed E-state index contributed by atoms with van der Waals surface area (Å²) in [7, 11) is 2.99. The molecule has 0 spiro atoms. The van der Waals surface area contributed by atoms with Crippen LogP contribution in [0.1, 0.15) is 10.5 Å². The van der Waals surface area contributed by atoms with Crippen LogP contribution in [0, 0.1) is 0 Å². The molecular weight excluding hydrogens is 160 g/mol. The average molecular weight is 170 g/mol. The number of rotatable bonds is 2. The highest BCUT2D eigenvalue weighted by Crippen LogP contribution is 2.12. The molecule has 1 rings (SSSR count). The summed E-state index contributed by atoms with van der Waals surface area (Å²) < 4.78 is 6.07. The number of aromatic nitrogens is 1. The molecule has 0 bridgehead atoms. The maximum Gasteiger partial charge on any atom is 0.354 e. The maximum absolute atomic E-state index is 11.0. The van der Waals surface area contributed by atoms with E-state index in [1.165, 1.54) is 13.2 Å². The number of esters is 1. The Bertz CT molecular complexity index is 293. The lowest BCUT2D eigenvalue weighted by molar-refractivity contribution is 0.0590. The lowest BCUT2D eigenvalue weighted by atomic mass is 10.4. The number of anilines is 1. The first-order chi connectivity index (χ1) is 5.69. The fraction of sp³-hybridized carbons (Fsp3) is 0.286. The van der Waals surface area contributed by atoms with Crippen LogP contribution >= 0.6 is 0 Å². The number of aryl methyl sites for hydroxylation is 1. The molecule has 0 fully saturated rings. The number of carbonyl (C=O) groups is 1. The van der Waals surface area contributed by atoms with E-state index in [1.807, 2.05) is 5.48 Å². The highest BCUT2D eigenvalue weighted by Gasteiger charge is 2.10. The minimum atomic E-state index is -0.431. The number of nitrogens with one attached hydrogen (secondary N) is 1. The lowest BCUT2D eigenvalue weighted by Crippen LogP contribution is -2.06. The van der Waals surface area contributed by atoms with Gasteiger partial charge < -0.3 is 9.30 Å². The van der Waals surface area contributed by atoms with Crippen LogP contribution in [0.5, 0.6) is 0 Å². The molecule has 1 aromatic rings. The molecule has 0 saturated heterocycles. The van der Waals surface area contributed by atoms with Crippen molar-refractivity contribution in [2.75, 3.05) is 12.6 Å². The molecule has 0 aromatic carbocycles. The summed E-state index contributed by atoms with van der Waals surface area (Å²) in [5.41, 5.74) is 2.78. The Balaban J connectivity index is 2.99. The van der Waals surface area contributed by atoms with Gasteiger partial charge in [-0.3, -0.25) is 10.7 Å². The normalized spacial score (nSPS) is 9.58. The average Bonchev–Trinajstić information content (AvgIpc) is 2.45. The van der Waals surface area contributed by atoms with Gasteiger partial charge in [0.2, 0.25) is 0 Å². The van der Waals surface area contributed by atoms with Gasteiger partial charge in [-0.15, -0.1) is 0 Å². The van der Waals surface area contributed by atoms with Gasteiger partial charge in [-0.2, -0.15) is 0 Å². The van der Waals surface area contributed by atoms with Crippen molar-refractivity contribution in [1.82, 2.24) is 4.57 Å². The predicted octanol–water partition coefficient (Wildman–Crippen LogP) is 0.613. The maximum atomic E-state index is 11.0. The zero-order valence-electron chi connectivity index (χ0n) is 6.87. The van der Waals surface area contributed by atoms with E-state index >= 15 is 0 Å². The van der Waals surface area contributed by atoms with Gasteiger partial charge in [-0.05, 0) is 6.07 Å². The number of hydrogen-bond donors (Lipinski definition) is 2. The number of nitrogens with zero attached hydrogens (tertiary/aromatic N) is 1. The minimum absolute atomic E-state index is 0.383. The first-order valence-corrected chi connectivity index (χ1v) is 3.34. The molecule has 12 heavy (non-hydrogen) atoms. The molecule has 1 aromatic heterocycles. The van der Waals surface area contributed by atoms with Gasteiger partial charge in [-0.1, -0.05) is 0 Å². The number of methoxy groups -OCH3 is 1. The molecule has 0 aliphatic carbocycles.